The lowest BCUT2D eigenvalue weighted by Crippen LogP contribution is -2.03. The molecular weight excluding hydrogens is 258 g/mol. The number of fused-ring (bicyclic) bond motifs is 3. The van der Waals surface area contributed by atoms with Gasteiger partial charge in [0.05, 0.1) is 24.2 Å². The number of nitrogens with two attached hydrogens (primary N) is 1. The van der Waals surface area contributed by atoms with E-state index in [1.807, 2.05) is 0 Å². The highest BCUT2D eigenvalue weighted by atomic mass is 35.5. The summed E-state index contributed by atoms with van der Waals surface area (Å²) in [5.74, 6) is -0.753. The third-order valence-electron chi connectivity index (χ3n) is 2.48. The molecule has 0 bridgehead atoms. The van der Waals surface area contributed by atoms with Gasteiger partial charge in [-0.2, -0.15) is 0 Å². The fourth-order valence-corrected chi connectivity index (χ4v) is 1.70. The molecule has 7 nitrogen and oxygen atoms in total. The number of imidazole rings is 1. The van der Waals surface area contributed by atoms with Crippen molar-refractivity contribution >= 4 is 40.7 Å². The maximum absolute atomic E-state index is 10.9. The molecule has 0 spiro atoms. The summed E-state index contributed by atoms with van der Waals surface area (Å²) < 4.78 is 1.69. The Morgan fingerprint density at radius 3 is 2.83 bits per heavy atom. The number of hydrogen-bond acceptors (Lipinski definition) is 5. The summed E-state index contributed by atoms with van der Waals surface area (Å²) >= 11 is 0. The second-order valence-corrected chi connectivity index (χ2v) is 3.51. The quantitative estimate of drug-likeness (QED) is 0.679. The molecule has 0 saturated heterocycles. The van der Waals surface area contributed by atoms with Crippen LogP contribution < -0.4 is 5.73 Å². The van der Waals surface area contributed by atoms with E-state index < -0.39 is 5.97 Å². The zero-order valence-corrected chi connectivity index (χ0v) is 9.76. The molecule has 0 aliphatic heterocycles. The van der Waals surface area contributed by atoms with Crippen LogP contribution in [-0.2, 0) is 0 Å². The average Bonchev–Trinajstić information content (AvgIpc) is 2.78. The Hall–Kier alpha value is -2.41. The first-order chi connectivity index (χ1) is 8.16. The van der Waals surface area contributed by atoms with Gasteiger partial charge in [-0.3, -0.25) is 4.40 Å². The fraction of sp³-hybridized carbons (Fsp3) is 0. The third kappa shape index (κ3) is 1.61. The Labute approximate surface area is 107 Å². The molecular formula is C10H8ClN5O2. The van der Waals surface area contributed by atoms with E-state index >= 15 is 0 Å². The van der Waals surface area contributed by atoms with Gasteiger partial charge in [0.25, 0.3) is 0 Å². The van der Waals surface area contributed by atoms with Gasteiger partial charge in [0.1, 0.15) is 22.5 Å². The van der Waals surface area contributed by atoms with Crippen LogP contribution in [0.3, 0.4) is 0 Å². The summed E-state index contributed by atoms with van der Waals surface area (Å²) in [5.41, 5.74) is 7.48. The van der Waals surface area contributed by atoms with Crippen molar-refractivity contribution in [2.45, 2.75) is 0 Å². The van der Waals surface area contributed by atoms with Crippen LogP contribution in [0.5, 0.6) is 0 Å². The lowest BCUT2D eigenvalue weighted by molar-refractivity contribution is 0.0690. The summed E-state index contributed by atoms with van der Waals surface area (Å²) in [7, 11) is 0. The Bertz CT molecular complexity index is 754. The number of carboxylic acid groups (broad SMARTS) is 1. The van der Waals surface area contributed by atoms with Crippen molar-refractivity contribution in [3.05, 3.63) is 30.5 Å². The van der Waals surface area contributed by atoms with Crippen molar-refractivity contribution < 1.29 is 9.90 Å². The van der Waals surface area contributed by atoms with E-state index in [0.29, 0.717) is 22.4 Å². The number of pyridine rings is 1. The van der Waals surface area contributed by atoms with Crippen molar-refractivity contribution in [2.75, 3.05) is 5.73 Å². The first kappa shape index (κ1) is 12.1. The van der Waals surface area contributed by atoms with Crippen LogP contribution in [0.15, 0.2) is 24.8 Å². The molecule has 0 amide bonds. The minimum Gasteiger partial charge on any atom is -0.477 e. The molecule has 3 heterocycles. The van der Waals surface area contributed by atoms with Crippen LogP contribution in [0, 0.1) is 0 Å². The number of anilines is 1. The molecule has 0 aliphatic rings. The van der Waals surface area contributed by atoms with E-state index in [-0.39, 0.29) is 18.1 Å². The van der Waals surface area contributed by atoms with Crippen molar-refractivity contribution in [1.29, 1.82) is 0 Å². The van der Waals surface area contributed by atoms with E-state index in [9.17, 15) is 4.79 Å². The number of nitrogen functional groups attached to an aromatic ring is 1. The van der Waals surface area contributed by atoms with Crippen molar-refractivity contribution in [3.63, 3.8) is 0 Å². The van der Waals surface area contributed by atoms with E-state index in [2.05, 4.69) is 15.0 Å². The van der Waals surface area contributed by atoms with Gasteiger partial charge in [0.15, 0.2) is 0 Å². The van der Waals surface area contributed by atoms with Crippen molar-refractivity contribution in [1.82, 2.24) is 19.4 Å². The predicted octanol–water partition coefficient (Wildman–Crippen LogP) is 0.980. The van der Waals surface area contributed by atoms with Gasteiger partial charge in [-0.05, 0) is 6.07 Å². The second kappa shape index (κ2) is 4.11. The van der Waals surface area contributed by atoms with Gasteiger partial charge in [-0.1, -0.05) is 0 Å². The van der Waals surface area contributed by atoms with E-state index in [1.54, 1.807) is 16.9 Å². The number of rotatable bonds is 1. The molecule has 0 atom stereocenters. The fourth-order valence-electron chi connectivity index (χ4n) is 1.70. The number of aromatic nitrogens is 4. The number of carbonyl (C=O) groups is 1. The van der Waals surface area contributed by atoms with Crippen LogP contribution in [0.25, 0.3) is 16.6 Å². The van der Waals surface area contributed by atoms with Gasteiger partial charge in [-0.15, -0.1) is 12.4 Å². The first-order valence-electron chi connectivity index (χ1n) is 4.77. The Balaban J connectivity index is 0.00000120. The predicted molar refractivity (Wildman–Crippen MR) is 66.9 cm³/mol. The van der Waals surface area contributed by atoms with Gasteiger partial charge in [-0.25, -0.2) is 19.7 Å². The average molecular weight is 266 g/mol. The largest absolute Gasteiger partial charge is 0.477 e. The molecule has 0 radical (unpaired) electrons. The molecule has 8 heteroatoms. The van der Waals surface area contributed by atoms with Crippen LogP contribution in [-0.4, -0.2) is 30.4 Å². The Morgan fingerprint density at radius 2 is 2.11 bits per heavy atom. The van der Waals surface area contributed by atoms with E-state index in [4.69, 9.17) is 10.8 Å². The number of hydrogen-bond donors (Lipinski definition) is 2. The normalized spacial score (nSPS) is 10.4. The first-order valence-corrected chi connectivity index (χ1v) is 4.77. The minimum atomic E-state index is -1.09. The summed E-state index contributed by atoms with van der Waals surface area (Å²) in [6.07, 6.45) is 4.51. The number of aromatic carboxylic acids is 1. The molecule has 92 valence electrons. The highest BCUT2D eigenvalue weighted by molar-refractivity contribution is 5.91. The van der Waals surface area contributed by atoms with E-state index in [1.165, 1.54) is 12.3 Å². The summed E-state index contributed by atoms with van der Waals surface area (Å²) in [6.45, 7) is 0. The van der Waals surface area contributed by atoms with Gasteiger partial charge in [0, 0.05) is 0 Å². The van der Waals surface area contributed by atoms with Crippen LogP contribution in [0.4, 0.5) is 5.82 Å². The maximum atomic E-state index is 10.9. The zero-order chi connectivity index (χ0) is 12.0. The Kier molecular flexibility index (Phi) is 2.76. The highest BCUT2D eigenvalue weighted by Gasteiger charge is 2.10. The van der Waals surface area contributed by atoms with Crippen molar-refractivity contribution in [3.8, 4) is 0 Å². The highest BCUT2D eigenvalue weighted by Crippen LogP contribution is 2.19. The molecule has 3 aromatic heterocycles. The molecule has 3 aromatic rings. The molecule has 0 unspecified atom stereocenters. The van der Waals surface area contributed by atoms with Gasteiger partial charge >= 0.3 is 5.97 Å². The monoisotopic (exact) mass is 265 g/mol. The lowest BCUT2D eigenvalue weighted by Gasteiger charge is -2.04. The third-order valence-corrected chi connectivity index (χ3v) is 2.48. The second-order valence-electron chi connectivity index (χ2n) is 3.51. The molecule has 0 fully saturated rings. The molecule has 0 aliphatic carbocycles. The summed E-state index contributed by atoms with van der Waals surface area (Å²) in [4.78, 5) is 22.7. The zero-order valence-electron chi connectivity index (χ0n) is 8.94. The molecule has 0 saturated carbocycles. The minimum absolute atomic E-state index is 0. The standard InChI is InChI=1S/C10H7N5O2.ClH/c11-9-8-3-12-4-15(8)7-1-5(10(16)17)13-2-6(7)14-9;/h1-4H,(H2,11,14)(H,16,17);1H. The van der Waals surface area contributed by atoms with Gasteiger partial charge in [0.2, 0.25) is 0 Å². The van der Waals surface area contributed by atoms with Crippen molar-refractivity contribution in [2.24, 2.45) is 0 Å². The number of halogens is 1. The summed E-state index contributed by atoms with van der Waals surface area (Å²) in [6, 6.07) is 1.44. The maximum Gasteiger partial charge on any atom is 0.354 e. The summed E-state index contributed by atoms with van der Waals surface area (Å²) in [5, 5.41) is 8.89. The Morgan fingerprint density at radius 1 is 1.33 bits per heavy atom. The SMILES string of the molecule is Cl.Nc1nc2cnc(C(=O)O)cc2n2cncc12. The molecule has 3 rings (SSSR count). The number of nitrogens with zero attached hydrogens (tertiary/aromatic N) is 4. The van der Waals surface area contributed by atoms with Gasteiger partial charge < -0.3 is 10.8 Å². The van der Waals surface area contributed by atoms with Crippen LogP contribution in [0.2, 0.25) is 0 Å². The van der Waals surface area contributed by atoms with Crippen LogP contribution >= 0.6 is 12.4 Å². The molecule has 18 heavy (non-hydrogen) atoms. The topological polar surface area (TPSA) is 106 Å². The van der Waals surface area contributed by atoms with Crippen LogP contribution in [0.1, 0.15) is 10.5 Å². The smallest absolute Gasteiger partial charge is 0.354 e. The molecule has 0 aromatic carbocycles. The lowest BCUT2D eigenvalue weighted by atomic mass is 10.3. The number of carboxylic acids is 1. The molecule has 3 N–H and O–H groups in total. The van der Waals surface area contributed by atoms with E-state index in [0.717, 1.165) is 0 Å².